The molecule has 7 nitrogen and oxygen atoms in total. The summed E-state index contributed by atoms with van der Waals surface area (Å²) in [6, 6.07) is 18.9. The van der Waals surface area contributed by atoms with Crippen molar-refractivity contribution in [1.29, 1.82) is 0 Å². The zero-order chi connectivity index (χ0) is 19.4. The molecular weight excluding hydrogens is 364 g/mol. The molecule has 8 heteroatoms. The van der Waals surface area contributed by atoms with Crippen LogP contribution < -0.4 is 21.2 Å². The van der Waals surface area contributed by atoms with E-state index < -0.39 is 22.5 Å². The molecule has 0 saturated heterocycles. The maximum Gasteiger partial charge on any atom is 0.270 e. The zero-order valence-electron chi connectivity index (χ0n) is 14.3. The van der Waals surface area contributed by atoms with Crippen LogP contribution in [0.4, 0.5) is 5.69 Å². The van der Waals surface area contributed by atoms with Crippen LogP contribution in [0.2, 0.25) is 0 Å². The highest BCUT2D eigenvalue weighted by Gasteiger charge is 2.16. The fraction of sp³-hybridized carbons (Fsp3) is 0.0526. The van der Waals surface area contributed by atoms with Crippen molar-refractivity contribution in [2.24, 2.45) is 5.73 Å². The van der Waals surface area contributed by atoms with Gasteiger partial charge in [0.05, 0.1) is 17.0 Å². The monoisotopic (exact) mass is 383 g/mol. The van der Waals surface area contributed by atoms with Crippen LogP contribution in [0.1, 0.15) is 5.56 Å². The number of carbonyl (C=O) groups is 1. The minimum absolute atomic E-state index is 0.0986. The third kappa shape index (κ3) is 4.49. The lowest BCUT2D eigenvalue weighted by Gasteiger charge is -2.09. The van der Waals surface area contributed by atoms with Crippen molar-refractivity contribution in [3.05, 3.63) is 72.3 Å². The van der Waals surface area contributed by atoms with Gasteiger partial charge in [0.15, 0.2) is 0 Å². The van der Waals surface area contributed by atoms with Crippen molar-refractivity contribution in [3.63, 3.8) is 0 Å². The molecule has 0 aliphatic carbocycles. The summed E-state index contributed by atoms with van der Waals surface area (Å²) in [5.41, 5.74) is 6.57. The van der Waals surface area contributed by atoms with Gasteiger partial charge in [-0.05, 0) is 41.1 Å². The minimum atomic E-state index is -3.82. The van der Waals surface area contributed by atoms with Crippen LogP contribution in [0.5, 0.6) is 0 Å². The number of benzene rings is 3. The van der Waals surface area contributed by atoms with E-state index in [2.05, 4.69) is 10.0 Å². The highest BCUT2D eigenvalue weighted by Crippen LogP contribution is 2.18. The fourth-order valence-electron chi connectivity index (χ4n) is 2.56. The summed E-state index contributed by atoms with van der Waals surface area (Å²) in [6.07, 6.45) is 0. The normalized spacial score (nSPS) is 11.3. The Bertz CT molecular complexity index is 1130. The second-order valence-electron chi connectivity index (χ2n) is 5.92. The lowest BCUT2D eigenvalue weighted by atomic mass is 10.1. The Morgan fingerprint density at radius 1 is 0.963 bits per heavy atom. The number of rotatable bonds is 6. The lowest BCUT2D eigenvalue weighted by Crippen LogP contribution is -2.46. The van der Waals surface area contributed by atoms with Gasteiger partial charge in [0.2, 0.25) is 15.9 Å². The summed E-state index contributed by atoms with van der Waals surface area (Å²) < 4.78 is 27.2. The van der Waals surface area contributed by atoms with E-state index >= 15 is 0 Å². The topological polar surface area (TPSA) is 127 Å². The van der Waals surface area contributed by atoms with Crippen LogP contribution in [0.25, 0.3) is 10.8 Å². The van der Waals surface area contributed by atoms with Crippen LogP contribution in [0, 0.1) is 0 Å². The van der Waals surface area contributed by atoms with Gasteiger partial charge in [0.1, 0.15) is 0 Å². The third-order valence-electron chi connectivity index (χ3n) is 3.93. The summed E-state index contributed by atoms with van der Waals surface area (Å²) in [7, 11) is -3.82. The Labute approximate surface area is 156 Å². The van der Waals surface area contributed by atoms with E-state index in [0.29, 0.717) is 11.3 Å². The molecule has 3 aromatic carbocycles. The van der Waals surface area contributed by atoms with Gasteiger partial charge in [0.25, 0.3) is 5.84 Å². The van der Waals surface area contributed by atoms with E-state index in [1.54, 1.807) is 36.4 Å². The fourth-order valence-corrected chi connectivity index (χ4v) is 3.58. The molecule has 27 heavy (non-hydrogen) atoms. The van der Waals surface area contributed by atoms with E-state index in [1.165, 1.54) is 6.07 Å². The van der Waals surface area contributed by atoms with Gasteiger partial charge in [-0.2, -0.15) is 0 Å². The molecule has 1 amide bonds. The number of carbonyl (C=O) groups excluding carboxylic acids is 1. The minimum Gasteiger partial charge on any atom is -0.325 e. The molecule has 0 atom stereocenters. The molecular formula is C19H19N4O3S+. The number of amidine groups is 1. The van der Waals surface area contributed by atoms with Gasteiger partial charge in [-0.25, -0.2) is 13.1 Å². The van der Waals surface area contributed by atoms with Crippen LogP contribution in [0.15, 0.2) is 71.6 Å². The van der Waals surface area contributed by atoms with Gasteiger partial charge in [-0.1, -0.05) is 36.4 Å². The number of hydrogen-bond donors (Lipinski definition) is 4. The molecule has 0 radical (unpaired) electrons. The summed E-state index contributed by atoms with van der Waals surface area (Å²) >= 11 is 0. The summed E-state index contributed by atoms with van der Waals surface area (Å²) in [5.74, 6) is -0.379. The largest absolute Gasteiger partial charge is 0.325 e. The predicted octanol–water partition coefficient (Wildman–Crippen LogP) is 0.221. The van der Waals surface area contributed by atoms with E-state index in [0.717, 1.165) is 10.8 Å². The summed E-state index contributed by atoms with van der Waals surface area (Å²) in [4.78, 5) is 12.2. The van der Waals surface area contributed by atoms with Crippen LogP contribution in [0.3, 0.4) is 0 Å². The van der Waals surface area contributed by atoms with E-state index in [4.69, 9.17) is 11.1 Å². The maximum absolute atomic E-state index is 12.4. The molecule has 0 fully saturated rings. The van der Waals surface area contributed by atoms with Gasteiger partial charge in [-0.15, -0.1) is 0 Å². The predicted molar refractivity (Wildman–Crippen MR) is 104 cm³/mol. The van der Waals surface area contributed by atoms with Crippen molar-refractivity contribution in [2.75, 3.05) is 11.9 Å². The lowest BCUT2D eigenvalue weighted by molar-refractivity contribution is -0.115. The molecule has 0 bridgehead atoms. The molecule has 0 spiro atoms. The first-order valence-corrected chi connectivity index (χ1v) is 9.60. The van der Waals surface area contributed by atoms with Gasteiger partial charge in [0, 0.05) is 5.69 Å². The van der Waals surface area contributed by atoms with Crippen molar-refractivity contribution < 1.29 is 18.6 Å². The number of anilines is 1. The molecule has 3 aromatic rings. The molecule has 0 aliphatic heterocycles. The summed E-state index contributed by atoms with van der Waals surface area (Å²) in [5, 5.41) is 9.86. The molecule has 0 saturated carbocycles. The Kier molecular flexibility index (Phi) is 5.20. The molecule has 0 aliphatic rings. The highest BCUT2D eigenvalue weighted by molar-refractivity contribution is 7.89. The number of hydrogen-bond acceptors (Lipinski definition) is 3. The van der Waals surface area contributed by atoms with Crippen molar-refractivity contribution in [2.45, 2.75) is 4.90 Å². The van der Waals surface area contributed by atoms with E-state index in [1.807, 2.05) is 24.3 Å². The first kappa shape index (κ1) is 18.6. The molecule has 0 unspecified atom stereocenters. The first-order valence-electron chi connectivity index (χ1n) is 8.12. The zero-order valence-corrected chi connectivity index (χ0v) is 15.2. The van der Waals surface area contributed by atoms with Crippen LogP contribution >= 0.6 is 0 Å². The smallest absolute Gasteiger partial charge is 0.270 e. The van der Waals surface area contributed by atoms with Gasteiger partial charge in [-0.3, -0.25) is 15.9 Å². The van der Waals surface area contributed by atoms with Gasteiger partial charge >= 0.3 is 0 Å². The quantitative estimate of drug-likeness (QED) is 0.359. The third-order valence-corrected chi connectivity index (χ3v) is 5.33. The Morgan fingerprint density at radius 2 is 1.70 bits per heavy atom. The summed E-state index contributed by atoms with van der Waals surface area (Å²) in [6.45, 7) is -0.402. The van der Waals surface area contributed by atoms with Crippen molar-refractivity contribution >= 4 is 38.2 Å². The Morgan fingerprint density at radius 3 is 2.44 bits per heavy atom. The SMILES string of the molecule is NC(=[NH2+])c1cccc(NC(=O)CNS(=O)(=O)c2ccc3ccccc3c2)c1. The molecule has 6 N–H and O–H groups in total. The van der Waals surface area contributed by atoms with E-state index in [-0.39, 0.29) is 10.7 Å². The van der Waals surface area contributed by atoms with Crippen LogP contribution in [-0.2, 0) is 14.8 Å². The number of sulfonamides is 1. The maximum atomic E-state index is 12.4. The molecule has 3 rings (SSSR count). The number of nitrogens with one attached hydrogen (secondary N) is 2. The first-order chi connectivity index (χ1) is 12.8. The van der Waals surface area contributed by atoms with E-state index in [9.17, 15) is 13.2 Å². The molecule has 0 aromatic heterocycles. The average molecular weight is 383 g/mol. The standard InChI is InChI=1S/C19H18N4O3S/c20-19(21)15-6-3-7-16(10-15)23-18(24)12-22-27(25,26)17-9-8-13-4-1-2-5-14(13)11-17/h1-11,22H,12H2,(H3,20,21)(H,23,24)/p+1. The average Bonchev–Trinajstić information content (AvgIpc) is 2.66. The number of fused-ring (bicyclic) bond motifs is 1. The second-order valence-corrected chi connectivity index (χ2v) is 7.68. The van der Waals surface area contributed by atoms with Gasteiger partial charge < -0.3 is 5.32 Å². The number of amides is 1. The van der Waals surface area contributed by atoms with Crippen molar-refractivity contribution in [1.82, 2.24) is 4.72 Å². The Balaban J connectivity index is 1.68. The second kappa shape index (κ2) is 7.56. The molecule has 0 heterocycles. The number of nitrogens with two attached hydrogens (primary N) is 2. The Hall–Kier alpha value is -3.23. The molecule has 138 valence electrons. The van der Waals surface area contributed by atoms with Crippen LogP contribution in [-0.4, -0.2) is 26.7 Å². The highest BCUT2D eigenvalue weighted by atomic mass is 32.2. The van der Waals surface area contributed by atoms with Crippen molar-refractivity contribution in [3.8, 4) is 0 Å².